The Balaban J connectivity index is 1.38. The summed E-state index contributed by atoms with van der Waals surface area (Å²) in [4.78, 5) is 0. The molecule has 2 aliphatic carbocycles. The first-order valence-corrected chi connectivity index (χ1v) is 8.30. The molecule has 3 aliphatic rings. The molecule has 1 heterocycles. The van der Waals surface area contributed by atoms with Crippen molar-refractivity contribution in [3.8, 4) is 5.75 Å². The summed E-state index contributed by atoms with van der Waals surface area (Å²) in [7, 11) is 0. The molecule has 0 aromatic heterocycles. The van der Waals surface area contributed by atoms with Crippen LogP contribution in [0.2, 0.25) is 0 Å². The second kappa shape index (κ2) is 5.07. The standard InChI is InChI=1S/C18H25NO/c1-12(15-6-7-18-16(10-15)8-9-20-18)19-11-17(13-2-3-13)14-4-5-14/h6-7,10,12-14,17,19H,2-5,8-9,11H2,1H3. The van der Waals surface area contributed by atoms with Gasteiger partial charge in [-0.25, -0.2) is 0 Å². The van der Waals surface area contributed by atoms with Gasteiger partial charge in [0, 0.05) is 12.5 Å². The molecule has 1 N–H and O–H groups in total. The Morgan fingerprint density at radius 2 is 1.95 bits per heavy atom. The zero-order valence-electron chi connectivity index (χ0n) is 12.4. The van der Waals surface area contributed by atoms with E-state index >= 15 is 0 Å². The van der Waals surface area contributed by atoms with Gasteiger partial charge in [0.1, 0.15) is 5.75 Å². The first kappa shape index (κ1) is 12.7. The number of nitrogens with one attached hydrogen (secondary N) is 1. The average molecular weight is 271 g/mol. The number of rotatable bonds is 6. The van der Waals surface area contributed by atoms with E-state index in [1.165, 1.54) is 43.4 Å². The molecule has 0 spiro atoms. The SMILES string of the molecule is CC(NCC(C1CC1)C1CC1)c1ccc2c(c1)CCO2. The molecule has 1 aliphatic heterocycles. The molecule has 108 valence electrons. The highest BCUT2D eigenvalue weighted by Gasteiger charge is 2.41. The van der Waals surface area contributed by atoms with Crippen LogP contribution in [-0.2, 0) is 6.42 Å². The normalized spacial score (nSPS) is 22.7. The van der Waals surface area contributed by atoms with E-state index in [2.05, 4.69) is 30.4 Å². The molecule has 0 bridgehead atoms. The molecule has 0 radical (unpaired) electrons. The fraction of sp³-hybridized carbons (Fsp3) is 0.667. The second-order valence-electron chi connectivity index (χ2n) is 6.93. The van der Waals surface area contributed by atoms with Crippen molar-refractivity contribution in [2.24, 2.45) is 17.8 Å². The number of hydrogen-bond acceptors (Lipinski definition) is 2. The van der Waals surface area contributed by atoms with Crippen LogP contribution < -0.4 is 10.1 Å². The van der Waals surface area contributed by atoms with E-state index in [-0.39, 0.29) is 0 Å². The van der Waals surface area contributed by atoms with Crippen molar-refractivity contribution < 1.29 is 4.74 Å². The van der Waals surface area contributed by atoms with E-state index < -0.39 is 0 Å². The second-order valence-corrected chi connectivity index (χ2v) is 6.93. The first-order chi connectivity index (χ1) is 9.81. The summed E-state index contributed by atoms with van der Waals surface area (Å²) in [5.74, 6) is 4.12. The van der Waals surface area contributed by atoms with Crippen LogP contribution in [0.5, 0.6) is 5.75 Å². The van der Waals surface area contributed by atoms with Crippen LogP contribution >= 0.6 is 0 Å². The van der Waals surface area contributed by atoms with Crippen LogP contribution in [0.3, 0.4) is 0 Å². The van der Waals surface area contributed by atoms with Gasteiger partial charge in [0.25, 0.3) is 0 Å². The summed E-state index contributed by atoms with van der Waals surface area (Å²) in [6.45, 7) is 4.37. The lowest BCUT2D eigenvalue weighted by atomic mass is 9.96. The Morgan fingerprint density at radius 1 is 1.20 bits per heavy atom. The number of benzene rings is 1. The van der Waals surface area contributed by atoms with E-state index in [0.717, 1.165) is 36.5 Å². The molecule has 1 unspecified atom stereocenters. The molecule has 2 heteroatoms. The highest BCUT2D eigenvalue weighted by molar-refractivity contribution is 5.40. The lowest BCUT2D eigenvalue weighted by Gasteiger charge is -2.21. The average Bonchev–Trinajstić information content (AvgIpc) is 3.38. The van der Waals surface area contributed by atoms with Crippen molar-refractivity contribution in [3.05, 3.63) is 29.3 Å². The predicted octanol–water partition coefficient (Wildman–Crippen LogP) is 3.71. The van der Waals surface area contributed by atoms with E-state index in [0.29, 0.717) is 6.04 Å². The van der Waals surface area contributed by atoms with Gasteiger partial charge in [0.05, 0.1) is 6.61 Å². The summed E-state index contributed by atoms with van der Waals surface area (Å²) >= 11 is 0. The molecule has 1 aromatic rings. The largest absolute Gasteiger partial charge is 0.493 e. The van der Waals surface area contributed by atoms with Crippen molar-refractivity contribution in [2.75, 3.05) is 13.2 Å². The highest BCUT2D eigenvalue weighted by atomic mass is 16.5. The molecular weight excluding hydrogens is 246 g/mol. The molecule has 0 amide bonds. The predicted molar refractivity (Wildman–Crippen MR) is 81.0 cm³/mol. The van der Waals surface area contributed by atoms with Crippen LogP contribution in [0.25, 0.3) is 0 Å². The Labute approximate surface area is 121 Å². The van der Waals surface area contributed by atoms with Crippen LogP contribution in [-0.4, -0.2) is 13.2 Å². The Hall–Kier alpha value is -1.02. The molecule has 4 rings (SSSR count). The fourth-order valence-electron chi connectivity index (χ4n) is 3.67. The number of fused-ring (bicyclic) bond motifs is 1. The Kier molecular flexibility index (Phi) is 3.22. The minimum absolute atomic E-state index is 0.459. The zero-order chi connectivity index (χ0) is 13.5. The van der Waals surface area contributed by atoms with Gasteiger partial charge < -0.3 is 10.1 Å². The molecule has 2 nitrogen and oxygen atoms in total. The summed E-state index contributed by atoms with van der Waals surface area (Å²) < 4.78 is 5.59. The van der Waals surface area contributed by atoms with E-state index in [4.69, 9.17) is 4.74 Å². The third kappa shape index (κ3) is 2.58. The van der Waals surface area contributed by atoms with E-state index in [1.54, 1.807) is 0 Å². The van der Waals surface area contributed by atoms with Crippen molar-refractivity contribution in [2.45, 2.75) is 45.1 Å². The highest BCUT2D eigenvalue weighted by Crippen LogP contribution is 2.49. The third-order valence-electron chi connectivity index (χ3n) is 5.33. The van der Waals surface area contributed by atoms with Crippen molar-refractivity contribution >= 4 is 0 Å². The maximum atomic E-state index is 5.59. The van der Waals surface area contributed by atoms with E-state index in [1.807, 2.05) is 0 Å². The van der Waals surface area contributed by atoms with Crippen LogP contribution in [0, 0.1) is 17.8 Å². The van der Waals surface area contributed by atoms with Crippen molar-refractivity contribution in [3.63, 3.8) is 0 Å². The summed E-state index contributed by atoms with van der Waals surface area (Å²) in [5, 5.41) is 3.79. The molecule has 2 fully saturated rings. The van der Waals surface area contributed by atoms with Crippen molar-refractivity contribution in [1.29, 1.82) is 0 Å². The molecule has 2 saturated carbocycles. The third-order valence-corrected chi connectivity index (χ3v) is 5.33. The van der Waals surface area contributed by atoms with Gasteiger partial charge in [-0.15, -0.1) is 0 Å². The lowest BCUT2D eigenvalue weighted by molar-refractivity contribution is 0.356. The summed E-state index contributed by atoms with van der Waals surface area (Å²) in [5.41, 5.74) is 2.80. The van der Waals surface area contributed by atoms with Gasteiger partial charge in [-0.1, -0.05) is 12.1 Å². The molecule has 20 heavy (non-hydrogen) atoms. The van der Waals surface area contributed by atoms with Crippen molar-refractivity contribution in [1.82, 2.24) is 5.32 Å². The maximum Gasteiger partial charge on any atom is 0.122 e. The van der Waals surface area contributed by atoms with E-state index in [9.17, 15) is 0 Å². The monoisotopic (exact) mass is 271 g/mol. The Morgan fingerprint density at radius 3 is 2.65 bits per heavy atom. The quantitative estimate of drug-likeness (QED) is 0.851. The minimum Gasteiger partial charge on any atom is -0.493 e. The molecule has 1 aromatic carbocycles. The fourth-order valence-corrected chi connectivity index (χ4v) is 3.67. The van der Waals surface area contributed by atoms with Gasteiger partial charge in [-0.2, -0.15) is 0 Å². The molecule has 0 saturated heterocycles. The number of hydrogen-bond donors (Lipinski definition) is 1. The van der Waals surface area contributed by atoms with Gasteiger partial charge in [0.2, 0.25) is 0 Å². The number of ether oxygens (including phenoxy) is 1. The molecular formula is C18H25NO. The minimum atomic E-state index is 0.459. The van der Waals surface area contributed by atoms with Gasteiger partial charge in [-0.3, -0.25) is 0 Å². The van der Waals surface area contributed by atoms with Gasteiger partial charge in [-0.05, 0) is 74.1 Å². The maximum absolute atomic E-state index is 5.59. The molecule has 1 atom stereocenters. The Bertz CT molecular complexity index is 478. The first-order valence-electron chi connectivity index (χ1n) is 8.30. The summed E-state index contributed by atoms with van der Waals surface area (Å²) in [6.07, 6.45) is 6.99. The lowest BCUT2D eigenvalue weighted by Crippen LogP contribution is -2.28. The van der Waals surface area contributed by atoms with Gasteiger partial charge >= 0.3 is 0 Å². The topological polar surface area (TPSA) is 21.3 Å². The van der Waals surface area contributed by atoms with Gasteiger partial charge in [0.15, 0.2) is 0 Å². The van der Waals surface area contributed by atoms with Crippen LogP contribution in [0.1, 0.15) is 49.8 Å². The van der Waals surface area contributed by atoms with Crippen LogP contribution in [0.15, 0.2) is 18.2 Å². The smallest absolute Gasteiger partial charge is 0.122 e. The summed E-state index contributed by atoms with van der Waals surface area (Å²) in [6, 6.07) is 7.17. The zero-order valence-corrected chi connectivity index (χ0v) is 12.4. The van der Waals surface area contributed by atoms with Crippen LogP contribution in [0.4, 0.5) is 0 Å².